The highest BCUT2D eigenvalue weighted by Gasteiger charge is 2.17. The van der Waals surface area contributed by atoms with Crippen molar-refractivity contribution in [3.05, 3.63) is 29.3 Å². The molecule has 1 atom stereocenters. The number of amides is 1. The van der Waals surface area contributed by atoms with Gasteiger partial charge in [-0.1, -0.05) is 0 Å². The number of rotatable bonds is 4. The summed E-state index contributed by atoms with van der Waals surface area (Å²) >= 11 is 0. The molecule has 1 aromatic carbocycles. The second-order valence-corrected chi connectivity index (χ2v) is 6.01. The SMILES string of the molecule is Cc1cc(F)c(NC(C)CNC(=O)OC(C)(C)C)cc1F. The summed E-state index contributed by atoms with van der Waals surface area (Å²) in [5, 5.41) is 5.38. The van der Waals surface area contributed by atoms with Gasteiger partial charge in [-0.15, -0.1) is 0 Å². The van der Waals surface area contributed by atoms with Crippen molar-refractivity contribution in [2.45, 2.75) is 46.3 Å². The third-order valence-electron chi connectivity index (χ3n) is 2.60. The van der Waals surface area contributed by atoms with E-state index in [1.807, 2.05) is 0 Å². The third-order valence-corrected chi connectivity index (χ3v) is 2.60. The number of carbonyl (C=O) groups is 1. The minimum absolute atomic E-state index is 0.0663. The molecule has 0 spiro atoms. The Bertz CT molecular complexity index is 513. The van der Waals surface area contributed by atoms with E-state index in [0.717, 1.165) is 12.1 Å². The van der Waals surface area contributed by atoms with Crippen LogP contribution in [-0.4, -0.2) is 24.3 Å². The Labute approximate surface area is 123 Å². The Morgan fingerprint density at radius 2 is 1.90 bits per heavy atom. The average Bonchev–Trinajstić information content (AvgIpc) is 2.31. The quantitative estimate of drug-likeness (QED) is 0.893. The molecule has 0 radical (unpaired) electrons. The molecule has 0 fully saturated rings. The lowest BCUT2D eigenvalue weighted by Gasteiger charge is -2.21. The summed E-state index contributed by atoms with van der Waals surface area (Å²) in [6.07, 6.45) is -0.549. The maximum absolute atomic E-state index is 13.7. The van der Waals surface area contributed by atoms with Crippen molar-refractivity contribution in [2.75, 3.05) is 11.9 Å². The van der Waals surface area contributed by atoms with E-state index in [4.69, 9.17) is 4.74 Å². The van der Waals surface area contributed by atoms with E-state index in [1.54, 1.807) is 27.7 Å². The highest BCUT2D eigenvalue weighted by atomic mass is 19.1. The molecule has 1 unspecified atom stereocenters. The van der Waals surface area contributed by atoms with Crippen LogP contribution >= 0.6 is 0 Å². The first-order valence-corrected chi connectivity index (χ1v) is 6.77. The molecule has 21 heavy (non-hydrogen) atoms. The summed E-state index contributed by atoms with van der Waals surface area (Å²) in [6, 6.07) is 1.95. The fourth-order valence-electron chi connectivity index (χ4n) is 1.62. The molecule has 0 aliphatic carbocycles. The standard InChI is InChI=1S/C15H22F2N2O2/c1-9-6-12(17)13(7-11(9)16)19-10(2)8-18-14(20)21-15(3,4)5/h6-7,10,19H,8H2,1-5H3,(H,18,20). The molecule has 0 saturated carbocycles. The Hall–Kier alpha value is -1.85. The number of aryl methyl sites for hydroxylation is 1. The lowest BCUT2D eigenvalue weighted by atomic mass is 10.2. The number of benzene rings is 1. The van der Waals surface area contributed by atoms with Gasteiger partial charge in [0, 0.05) is 18.7 Å². The molecule has 6 heteroatoms. The zero-order valence-electron chi connectivity index (χ0n) is 13.0. The zero-order valence-corrected chi connectivity index (χ0v) is 13.0. The van der Waals surface area contributed by atoms with Crippen molar-refractivity contribution < 1.29 is 18.3 Å². The van der Waals surface area contributed by atoms with Gasteiger partial charge in [0.15, 0.2) is 0 Å². The van der Waals surface area contributed by atoms with Crippen molar-refractivity contribution in [2.24, 2.45) is 0 Å². The van der Waals surface area contributed by atoms with Crippen LogP contribution in [0.1, 0.15) is 33.3 Å². The van der Waals surface area contributed by atoms with E-state index in [0.29, 0.717) is 0 Å². The first-order chi connectivity index (χ1) is 9.58. The van der Waals surface area contributed by atoms with Crippen molar-refractivity contribution in [1.29, 1.82) is 0 Å². The summed E-state index contributed by atoms with van der Waals surface area (Å²) in [5.74, 6) is -1.01. The van der Waals surface area contributed by atoms with Crippen LogP contribution in [0.4, 0.5) is 19.3 Å². The number of alkyl carbamates (subject to hydrolysis) is 1. The molecule has 0 aliphatic rings. The Morgan fingerprint density at radius 1 is 1.29 bits per heavy atom. The molecular weight excluding hydrogens is 278 g/mol. The fourth-order valence-corrected chi connectivity index (χ4v) is 1.62. The highest BCUT2D eigenvalue weighted by Crippen LogP contribution is 2.19. The van der Waals surface area contributed by atoms with Crippen LogP contribution in [0.5, 0.6) is 0 Å². The smallest absolute Gasteiger partial charge is 0.407 e. The van der Waals surface area contributed by atoms with E-state index in [2.05, 4.69) is 10.6 Å². The molecule has 1 amide bonds. The van der Waals surface area contributed by atoms with E-state index in [1.165, 1.54) is 6.92 Å². The van der Waals surface area contributed by atoms with Crippen LogP contribution in [-0.2, 0) is 4.74 Å². The summed E-state index contributed by atoms with van der Waals surface area (Å²) in [6.45, 7) is 8.75. The number of hydrogen-bond donors (Lipinski definition) is 2. The maximum Gasteiger partial charge on any atom is 0.407 e. The average molecular weight is 300 g/mol. The predicted octanol–water partition coefficient (Wildman–Crippen LogP) is 3.60. The van der Waals surface area contributed by atoms with Gasteiger partial charge in [0.2, 0.25) is 0 Å². The summed E-state index contributed by atoms with van der Waals surface area (Å²) in [5.41, 5.74) is -0.262. The molecule has 0 aliphatic heterocycles. The number of halogens is 2. The van der Waals surface area contributed by atoms with Crippen LogP contribution in [0.2, 0.25) is 0 Å². The summed E-state index contributed by atoms with van der Waals surface area (Å²) in [4.78, 5) is 11.5. The number of hydrogen-bond acceptors (Lipinski definition) is 3. The fraction of sp³-hybridized carbons (Fsp3) is 0.533. The van der Waals surface area contributed by atoms with E-state index in [-0.39, 0.29) is 23.8 Å². The minimum atomic E-state index is -0.576. The molecule has 1 aromatic rings. The van der Waals surface area contributed by atoms with Gasteiger partial charge in [-0.3, -0.25) is 0 Å². The molecule has 4 nitrogen and oxygen atoms in total. The van der Waals surface area contributed by atoms with E-state index in [9.17, 15) is 13.6 Å². The first-order valence-electron chi connectivity index (χ1n) is 6.77. The van der Waals surface area contributed by atoms with Crippen LogP contribution in [0.25, 0.3) is 0 Å². The van der Waals surface area contributed by atoms with Gasteiger partial charge in [-0.05, 0) is 46.2 Å². The highest BCUT2D eigenvalue weighted by molar-refractivity contribution is 5.67. The largest absolute Gasteiger partial charge is 0.444 e. The molecule has 118 valence electrons. The molecule has 0 heterocycles. The van der Waals surface area contributed by atoms with Gasteiger partial charge >= 0.3 is 6.09 Å². The molecule has 1 rings (SSSR count). The van der Waals surface area contributed by atoms with E-state index >= 15 is 0 Å². The van der Waals surface area contributed by atoms with Crippen LogP contribution in [0.15, 0.2) is 12.1 Å². The van der Waals surface area contributed by atoms with Crippen LogP contribution < -0.4 is 10.6 Å². The number of nitrogens with one attached hydrogen (secondary N) is 2. The molecule has 0 aromatic heterocycles. The van der Waals surface area contributed by atoms with Gasteiger partial charge in [0.25, 0.3) is 0 Å². The second kappa shape index (κ2) is 6.74. The van der Waals surface area contributed by atoms with Gasteiger partial charge < -0.3 is 15.4 Å². The van der Waals surface area contributed by atoms with E-state index < -0.39 is 23.3 Å². The second-order valence-electron chi connectivity index (χ2n) is 6.01. The molecule has 0 bridgehead atoms. The molecule has 2 N–H and O–H groups in total. The van der Waals surface area contributed by atoms with Crippen molar-refractivity contribution in [3.63, 3.8) is 0 Å². The third kappa shape index (κ3) is 5.97. The van der Waals surface area contributed by atoms with Crippen molar-refractivity contribution in [3.8, 4) is 0 Å². The number of carbonyl (C=O) groups excluding carboxylic acids is 1. The van der Waals surface area contributed by atoms with Crippen molar-refractivity contribution in [1.82, 2.24) is 5.32 Å². The van der Waals surface area contributed by atoms with Gasteiger partial charge in [-0.2, -0.15) is 0 Å². The molecular formula is C15H22F2N2O2. The van der Waals surface area contributed by atoms with Crippen LogP contribution in [0, 0.1) is 18.6 Å². The lowest BCUT2D eigenvalue weighted by molar-refractivity contribution is 0.0526. The number of ether oxygens (including phenoxy) is 1. The summed E-state index contributed by atoms with van der Waals surface area (Å²) < 4.78 is 32.2. The first kappa shape index (κ1) is 17.2. The minimum Gasteiger partial charge on any atom is -0.444 e. The van der Waals surface area contributed by atoms with Gasteiger partial charge in [0.05, 0.1) is 5.69 Å². The predicted molar refractivity (Wildman–Crippen MR) is 78.4 cm³/mol. The monoisotopic (exact) mass is 300 g/mol. The normalized spacial score (nSPS) is 12.7. The topological polar surface area (TPSA) is 50.4 Å². The van der Waals surface area contributed by atoms with Crippen LogP contribution in [0.3, 0.4) is 0 Å². The Morgan fingerprint density at radius 3 is 2.48 bits per heavy atom. The Kier molecular flexibility index (Phi) is 5.52. The Balaban J connectivity index is 2.53. The van der Waals surface area contributed by atoms with Gasteiger partial charge in [-0.25, -0.2) is 13.6 Å². The maximum atomic E-state index is 13.7. The summed E-state index contributed by atoms with van der Waals surface area (Å²) in [7, 11) is 0. The van der Waals surface area contributed by atoms with Gasteiger partial charge in [0.1, 0.15) is 17.2 Å². The lowest BCUT2D eigenvalue weighted by Crippen LogP contribution is -2.38. The number of anilines is 1. The van der Waals surface area contributed by atoms with Crippen molar-refractivity contribution >= 4 is 11.8 Å². The zero-order chi connectivity index (χ0) is 16.2. The molecule has 0 saturated heterocycles.